The third kappa shape index (κ3) is 4.30. The molecule has 2 nitrogen and oxygen atoms in total. The molecule has 2 fully saturated rings. The molecular formula is C18H27F3O2. The standard InChI is InChI=1S/C18H27F3O2/c1-12-10-22-17(23-11-12)15-4-2-13(3-5-15)14-6-8-16(9-7-14)18(19,20)21/h2,12,14-17H,3-11H2,1H3. The molecule has 132 valence electrons. The van der Waals surface area contributed by atoms with E-state index in [1.807, 2.05) is 0 Å². The van der Waals surface area contributed by atoms with E-state index in [2.05, 4.69) is 13.0 Å². The zero-order valence-electron chi connectivity index (χ0n) is 13.8. The van der Waals surface area contributed by atoms with Gasteiger partial charge in [0.25, 0.3) is 0 Å². The number of ether oxygens (including phenoxy) is 2. The largest absolute Gasteiger partial charge is 0.391 e. The summed E-state index contributed by atoms with van der Waals surface area (Å²) in [5, 5.41) is 0. The van der Waals surface area contributed by atoms with Gasteiger partial charge in [-0.05, 0) is 50.9 Å². The lowest BCUT2D eigenvalue weighted by Crippen LogP contribution is -2.37. The minimum atomic E-state index is -4.01. The Morgan fingerprint density at radius 2 is 1.65 bits per heavy atom. The molecule has 3 rings (SSSR count). The van der Waals surface area contributed by atoms with Crippen molar-refractivity contribution in [3.63, 3.8) is 0 Å². The number of rotatable bonds is 2. The number of alkyl halides is 3. The fourth-order valence-electron chi connectivity index (χ4n) is 4.17. The second kappa shape index (κ2) is 7.14. The molecule has 0 spiro atoms. The number of hydrogen-bond donors (Lipinski definition) is 0. The van der Waals surface area contributed by atoms with Crippen molar-refractivity contribution in [2.24, 2.45) is 23.7 Å². The van der Waals surface area contributed by atoms with E-state index in [0.717, 1.165) is 32.5 Å². The van der Waals surface area contributed by atoms with Crippen molar-refractivity contribution in [1.29, 1.82) is 0 Å². The Morgan fingerprint density at radius 1 is 1.00 bits per heavy atom. The molecule has 0 bridgehead atoms. The lowest BCUT2D eigenvalue weighted by atomic mass is 9.74. The fraction of sp³-hybridized carbons (Fsp3) is 0.889. The summed E-state index contributed by atoms with van der Waals surface area (Å²) in [6, 6.07) is 0. The van der Waals surface area contributed by atoms with Gasteiger partial charge in [0.2, 0.25) is 0 Å². The van der Waals surface area contributed by atoms with Gasteiger partial charge in [-0.25, -0.2) is 0 Å². The van der Waals surface area contributed by atoms with Crippen LogP contribution < -0.4 is 0 Å². The molecule has 1 heterocycles. The molecule has 0 radical (unpaired) electrons. The van der Waals surface area contributed by atoms with Gasteiger partial charge in [0.15, 0.2) is 6.29 Å². The molecule has 3 aliphatic rings. The van der Waals surface area contributed by atoms with Crippen LogP contribution in [0.3, 0.4) is 0 Å². The van der Waals surface area contributed by atoms with Crippen LogP contribution in [0.4, 0.5) is 13.2 Å². The van der Waals surface area contributed by atoms with E-state index in [-0.39, 0.29) is 6.29 Å². The maximum absolute atomic E-state index is 12.8. The maximum Gasteiger partial charge on any atom is 0.391 e. The van der Waals surface area contributed by atoms with Gasteiger partial charge in [-0.2, -0.15) is 13.2 Å². The molecule has 23 heavy (non-hydrogen) atoms. The van der Waals surface area contributed by atoms with Crippen molar-refractivity contribution in [1.82, 2.24) is 0 Å². The first-order valence-electron chi connectivity index (χ1n) is 8.92. The average Bonchev–Trinajstić information content (AvgIpc) is 2.55. The molecule has 0 N–H and O–H groups in total. The third-order valence-electron chi connectivity index (χ3n) is 5.68. The van der Waals surface area contributed by atoms with E-state index in [0.29, 0.717) is 43.4 Å². The van der Waals surface area contributed by atoms with Crippen LogP contribution in [0.1, 0.15) is 51.9 Å². The summed E-state index contributed by atoms with van der Waals surface area (Å²) in [7, 11) is 0. The summed E-state index contributed by atoms with van der Waals surface area (Å²) >= 11 is 0. The highest BCUT2D eigenvalue weighted by molar-refractivity contribution is 5.12. The second-order valence-electron chi connectivity index (χ2n) is 7.54. The van der Waals surface area contributed by atoms with Crippen molar-refractivity contribution in [3.05, 3.63) is 11.6 Å². The van der Waals surface area contributed by atoms with Crippen molar-refractivity contribution >= 4 is 0 Å². The Hall–Kier alpha value is -0.550. The van der Waals surface area contributed by atoms with Gasteiger partial charge in [0, 0.05) is 11.8 Å². The van der Waals surface area contributed by atoms with Gasteiger partial charge in [0.05, 0.1) is 19.1 Å². The van der Waals surface area contributed by atoms with Crippen LogP contribution in [0, 0.1) is 23.7 Å². The lowest BCUT2D eigenvalue weighted by molar-refractivity contribution is -0.222. The van der Waals surface area contributed by atoms with Crippen LogP contribution in [0.25, 0.3) is 0 Å². The Labute approximate surface area is 136 Å². The normalized spacial score (nSPS) is 39.8. The summed E-state index contributed by atoms with van der Waals surface area (Å²) in [4.78, 5) is 0. The molecule has 1 unspecified atom stereocenters. The zero-order chi connectivity index (χ0) is 16.4. The van der Waals surface area contributed by atoms with E-state index in [4.69, 9.17) is 9.47 Å². The molecule has 0 aromatic carbocycles. The number of allylic oxidation sites excluding steroid dienone is 2. The molecule has 1 saturated carbocycles. The first-order chi connectivity index (χ1) is 10.9. The molecule has 0 amide bonds. The molecule has 5 heteroatoms. The molecule has 0 aromatic rings. The van der Waals surface area contributed by atoms with Crippen LogP contribution in [-0.2, 0) is 9.47 Å². The van der Waals surface area contributed by atoms with Crippen molar-refractivity contribution in [2.75, 3.05) is 13.2 Å². The monoisotopic (exact) mass is 332 g/mol. The van der Waals surface area contributed by atoms with Crippen molar-refractivity contribution in [3.8, 4) is 0 Å². The van der Waals surface area contributed by atoms with Gasteiger partial charge >= 0.3 is 6.18 Å². The average molecular weight is 332 g/mol. The summed E-state index contributed by atoms with van der Waals surface area (Å²) in [6.07, 6.45) is 3.08. The molecule has 1 aliphatic heterocycles. The predicted molar refractivity (Wildman–Crippen MR) is 81.8 cm³/mol. The summed E-state index contributed by atoms with van der Waals surface area (Å²) in [6.45, 7) is 3.64. The van der Waals surface area contributed by atoms with Crippen LogP contribution in [-0.4, -0.2) is 25.7 Å². The molecule has 0 aromatic heterocycles. The highest BCUT2D eigenvalue weighted by atomic mass is 19.4. The van der Waals surface area contributed by atoms with Crippen LogP contribution in [0.5, 0.6) is 0 Å². The first kappa shape index (κ1) is 17.3. The number of halogens is 3. The number of hydrogen-bond acceptors (Lipinski definition) is 2. The maximum atomic E-state index is 12.8. The summed E-state index contributed by atoms with van der Waals surface area (Å²) in [5.41, 5.74) is 1.38. The van der Waals surface area contributed by atoms with E-state index in [1.54, 1.807) is 0 Å². The van der Waals surface area contributed by atoms with Gasteiger partial charge < -0.3 is 9.47 Å². The quantitative estimate of drug-likeness (QED) is 0.656. The molecular weight excluding hydrogens is 305 g/mol. The predicted octanol–water partition coefficient (Wildman–Crippen LogP) is 5.09. The second-order valence-corrected chi connectivity index (χ2v) is 7.54. The van der Waals surface area contributed by atoms with Gasteiger partial charge in [-0.1, -0.05) is 18.6 Å². The SMILES string of the molecule is CC1COC(C2CC=C(C3CCC(C(F)(F)F)CC3)CC2)OC1. The van der Waals surface area contributed by atoms with Crippen molar-refractivity contribution in [2.45, 2.75) is 64.3 Å². The first-order valence-corrected chi connectivity index (χ1v) is 8.92. The Bertz CT molecular complexity index is 416. The highest BCUT2D eigenvalue weighted by Crippen LogP contribution is 2.44. The van der Waals surface area contributed by atoms with Gasteiger partial charge in [0.1, 0.15) is 0 Å². The highest BCUT2D eigenvalue weighted by Gasteiger charge is 2.42. The van der Waals surface area contributed by atoms with Crippen LogP contribution in [0.2, 0.25) is 0 Å². The van der Waals surface area contributed by atoms with E-state index < -0.39 is 12.1 Å². The lowest BCUT2D eigenvalue weighted by Gasteiger charge is -2.37. The van der Waals surface area contributed by atoms with Crippen molar-refractivity contribution < 1.29 is 22.6 Å². The van der Waals surface area contributed by atoms with E-state index >= 15 is 0 Å². The van der Waals surface area contributed by atoms with Crippen LogP contribution >= 0.6 is 0 Å². The Morgan fingerprint density at radius 3 is 2.17 bits per heavy atom. The van der Waals surface area contributed by atoms with Gasteiger partial charge in [-0.3, -0.25) is 0 Å². The Balaban J connectivity index is 1.48. The molecule has 2 aliphatic carbocycles. The van der Waals surface area contributed by atoms with Crippen LogP contribution in [0.15, 0.2) is 11.6 Å². The summed E-state index contributed by atoms with van der Waals surface area (Å²) in [5.74, 6) is 0.145. The fourth-order valence-corrected chi connectivity index (χ4v) is 4.17. The Kier molecular flexibility index (Phi) is 5.36. The molecule has 1 atom stereocenters. The minimum absolute atomic E-state index is 0.0926. The smallest absolute Gasteiger partial charge is 0.352 e. The summed E-state index contributed by atoms with van der Waals surface area (Å²) < 4.78 is 49.8. The van der Waals surface area contributed by atoms with E-state index in [9.17, 15) is 13.2 Å². The molecule has 1 saturated heterocycles. The minimum Gasteiger partial charge on any atom is -0.352 e. The third-order valence-corrected chi connectivity index (χ3v) is 5.68. The topological polar surface area (TPSA) is 18.5 Å². The van der Waals surface area contributed by atoms with Gasteiger partial charge in [-0.15, -0.1) is 0 Å². The van der Waals surface area contributed by atoms with E-state index in [1.165, 1.54) is 5.57 Å². The zero-order valence-corrected chi connectivity index (χ0v) is 13.8.